The lowest BCUT2D eigenvalue weighted by Gasteiger charge is -2.21. The molecule has 0 saturated heterocycles. The molecule has 3 aromatic rings. The Morgan fingerprint density at radius 2 is 1.84 bits per heavy atom. The van der Waals surface area contributed by atoms with Gasteiger partial charge in [0.25, 0.3) is 0 Å². The molecule has 0 radical (unpaired) electrons. The molecule has 0 spiro atoms. The van der Waals surface area contributed by atoms with E-state index in [9.17, 15) is 9.59 Å². The largest absolute Gasteiger partial charge is 0.309 e. The Labute approximate surface area is 145 Å². The molecule has 0 fully saturated rings. The minimum absolute atomic E-state index is 0.0179. The van der Waals surface area contributed by atoms with Gasteiger partial charge < -0.3 is 4.90 Å². The quantitative estimate of drug-likeness (QED) is 0.652. The molecule has 0 atom stereocenters. The Morgan fingerprint density at radius 1 is 1.12 bits per heavy atom. The van der Waals surface area contributed by atoms with Crippen molar-refractivity contribution < 1.29 is 4.79 Å². The van der Waals surface area contributed by atoms with Gasteiger partial charge in [-0.3, -0.25) is 14.3 Å². The van der Waals surface area contributed by atoms with E-state index in [2.05, 4.69) is 11.7 Å². The predicted octanol–water partition coefficient (Wildman–Crippen LogP) is 3.01. The second-order valence-electron chi connectivity index (χ2n) is 5.63. The van der Waals surface area contributed by atoms with Gasteiger partial charge >= 0.3 is 0 Å². The van der Waals surface area contributed by atoms with Crippen LogP contribution in [0.2, 0.25) is 0 Å². The Hall–Kier alpha value is -3.21. The number of aryl methyl sites for hydroxylation is 1. The first-order chi connectivity index (χ1) is 12.2. The number of hydrogen-bond donors (Lipinski definition) is 0. The highest BCUT2D eigenvalue weighted by molar-refractivity contribution is 5.93. The van der Waals surface area contributed by atoms with Gasteiger partial charge in [0.15, 0.2) is 0 Å². The summed E-state index contributed by atoms with van der Waals surface area (Å²) in [6.07, 6.45) is 3.28. The first-order valence-electron chi connectivity index (χ1n) is 8.12. The maximum Gasteiger partial charge on any atom is 0.229 e. The fourth-order valence-electron chi connectivity index (χ4n) is 2.76. The van der Waals surface area contributed by atoms with E-state index < -0.39 is 0 Å². The first-order valence-corrected chi connectivity index (χ1v) is 8.12. The number of benzene rings is 2. The summed E-state index contributed by atoms with van der Waals surface area (Å²) >= 11 is 0. The van der Waals surface area contributed by atoms with Crippen LogP contribution in [0.1, 0.15) is 6.42 Å². The lowest BCUT2D eigenvalue weighted by Crippen LogP contribution is -2.32. The van der Waals surface area contributed by atoms with Crippen LogP contribution in [-0.2, 0) is 11.3 Å². The fourth-order valence-corrected chi connectivity index (χ4v) is 2.76. The second-order valence-corrected chi connectivity index (χ2v) is 5.63. The highest BCUT2D eigenvalue weighted by Crippen LogP contribution is 2.15. The molecule has 0 aliphatic carbocycles. The van der Waals surface area contributed by atoms with Crippen molar-refractivity contribution in [2.45, 2.75) is 13.0 Å². The summed E-state index contributed by atoms with van der Waals surface area (Å²) in [6.45, 7) is 4.58. The van der Waals surface area contributed by atoms with Gasteiger partial charge in [0.1, 0.15) is 0 Å². The van der Waals surface area contributed by atoms with Crippen LogP contribution < -0.4 is 10.3 Å². The van der Waals surface area contributed by atoms with Crippen molar-refractivity contribution in [3.63, 3.8) is 0 Å². The SMILES string of the molecule is C=CCN(C(=O)CCn1ncc(=O)c2ccccc21)c1ccccc1. The zero-order valence-electron chi connectivity index (χ0n) is 13.8. The molecule has 0 N–H and O–H groups in total. The van der Waals surface area contributed by atoms with Crippen LogP contribution >= 0.6 is 0 Å². The summed E-state index contributed by atoms with van der Waals surface area (Å²) in [5, 5.41) is 4.78. The van der Waals surface area contributed by atoms with Crippen LogP contribution in [0.3, 0.4) is 0 Å². The highest BCUT2D eigenvalue weighted by Gasteiger charge is 2.14. The van der Waals surface area contributed by atoms with E-state index in [4.69, 9.17) is 0 Å². The minimum atomic E-state index is -0.115. The molecule has 25 heavy (non-hydrogen) atoms. The zero-order chi connectivity index (χ0) is 17.6. The van der Waals surface area contributed by atoms with E-state index in [1.165, 1.54) is 6.20 Å². The van der Waals surface area contributed by atoms with Crippen LogP contribution in [0.5, 0.6) is 0 Å². The normalized spacial score (nSPS) is 10.6. The molecule has 1 aromatic heterocycles. The number of para-hydroxylation sites is 2. The number of carbonyl (C=O) groups excluding carboxylic acids is 1. The fraction of sp³-hybridized carbons (Fsp3) is 0.150. The van der Waals surface area contributed by atoms with Crippen molar-refractivity contribution in [2.24, 2.45) is 0 Å². The number of amides is 1. The average molecular weight is 333 g/mol. The van der Waals surface area contributed by atoms with E-state index in [1.54, 1.807) is 21.7 Å². The molecular formula is C20H19N3O2. The van der Waals surface area contributed by atoms with Crippen molar-refractivity contribution in [1.29, 1.82) is 0 Å². The molecule has 0 bridgehead atoms. The number of anilines is 1. The summed E-state index contributed by atoms with van der Waals surface area (Å²) in [5.41, 5.74) is 1.46. The number of rotatable bonds is 6. The van der Waals surface area contributed by atoms with Gasteiger partial charge in [0, 0.05) is 24.0 Å². The summed E-state index contributed by atoms with van der Waals surface area (Å²) in [4.78, 5) is 26.3. The number of nitrogens with zero attached hydrogens (tertiary/aromatic N) is 3. The number of carbonyl (C=O) groups is 1. The second kappa shape index (κ2) is 7.57. The van der Waals surface area contributed by atoms with E-state index >= 15 is 0 Å². The van der Waals surface area contributed by atoms with Crippen molar-refractivity contribution in [3.8, 4) is 0 Å². The van der Waals surface area contributed by atoms with E-state index in [-0.39, 0.29) is 17.8 Å². The van der Waals surface area contributed by atoms with Gasteiger partial charge in [-0.2, -0.15) is 5.10 Å². The van der Waals surface area contributed by atoms with Gasteiger partial charge in [0.2, 0.25) is 11.3 Å². The third kappa shape index (κ3) is 3.66. The first kappa shape index (κ1) is 16.6. The molecule has 5 heteroatoms. The lowest BCUT2D eigenvalue weighted by molar-refractivity contribution is -0.118. The molecule has 5 nitrogen and oxygen atoms in total. The molecule has 1 amide bonds. The minimum Gasteiger partial charge on any atom is -0.309 e. The Bertz CT molecular complexity index is 948. The van der Waals surface area contributed by atoms with Gasteiger partial charge in [-0.25, -0.2) is 0 Å². The van der Waals surface area contributed by atoms with Crippen LogP contribution in [0.25, 0.3) is 10.9 Å². The Kier molecular flexibility index (Phi) is 5.04. The molecule has 0 saturated carbocycles. The predicted molar refractivity (Wildman–Crippen MR) is 99.6 cm³/mol. The Balaban J connectivity index is 1.81. The maximum atomic E-state index is 12.7. The van der Waals surface area contributed by atoms with Crippen LogP contribution in [0.15, 0.2) is 78.2 Å². The zero-order valence-corrected chi connectivity index (χ0v) is 13.8. The maximum absolute atomic E-state index is 12.7. The topological polar surface area (TPSA) is 55.2 Å². The molecule has 126 valence electrons. The third-order valence-corrected chi connectivity index (χ3v) is 3.98. The molecule has 3 rings (SSSR count). The van der Waals surface area contributed by atoms with E-state index in [0.717, 1.165) is 11.2 Å². The van der Waals surface area contributed by atoms with Crippen molar-refractivity contribution >= 4 is 22.5 Å². The molecule has 0 unspecified atom stereocenters. The van der Waals surface area contributed by atoms with Crippen molar-refractivity contribution in [2.75, 3.05) is 11.4 Å². The molecule has 0 aliphatic rings. The van der Waals surface area contributed by atoms with Gasteiger partial charge in [-0.1, -0.05) is 36.4 Å². The van der Waals surface area contributed by atoms with Gasteiger partial charge in [0.05, 0.1) is 18.3 Å². The lowest BCUT2D eigenvalue weighted by atomic mass is 10.2. The number of aromatic nitrogens is 2. The van der Waals surface area contributed by atoms with E-state index in [1.807, 2.05) is 48.5 Å². The summed E-state index contributed by atoms with van der Waals surface area (Å²) < 4.78 is 1.70. The number of hydrogen-bond acceptors (Lipinski definition) is 3. The van der Waals surface area contributed by atoms with Crippen LogP contribution in [-0.4, -0.2) is 22.2 Å². The highest BCUT2D eigenvalue weighted by atomic mass is 16.2. The smallest absolute Gasteiger partial charge is 0.229 e. The Morgan fingerprint density at radius 3 is 2.60 bits per heavy atom. The summed E-state index contributed by atoms with van der Waals surface area (Å²) in [6, 6.07) is 16.8. The van der Waals surface area contributed by atoms with Crippen LogP contribution in [0.4, 0.5) is 5.69 Å². The monoisotopic (exact) mass is 333 g/mol. The molecule has 2 aromatic carbocycles. The average Bonchev–Trinajstić information content (AvgIpc) is 2.66. The van der Waals surface area contributed by atoms with E-state index in [0.29, 0.717) is 18.5 Å². The summed E-state index contributed by atoms with van der Waals surface area (Å²) in [5.74, 6) is -0.0179. The molecule has 0 aliphatic heterocycles. The summed E-state index contributed by atoms with van der Waals surface area (Å²) in [7, 11) is 0. The van der Waals surface area contributed by atoms with Crippen molar-refractivity contribution in [1.82, 2.24) is 9.78 Å². The molecule has 1 heterocycles. The third-order valence-electron chi connectivity index (χ3n) is 3.98. The standard InChI is InChI=1S/C20H19N3O2/c1-2-13-22(16-8-4-3-5-9-16)20(25)12-14-23-18-11-7-6-10-17(18)19(24)15-21-23/h2-11,15H,1,12-14H2. The number of fused-ring (bicyclic) bond motifs is 1. The van der Waals surface area contributed by atoms with Gasteiger partial charge in [-0.15, -0.1) is 6.58 Å². The van der Waals surface area contributed by atoms with Crippen molar-refractivity contribution in [3.05, 3.63) is 83.7 Å². The van der Waals surface area contributed by atoms with Gasteiger partial charge in [-0.05, 0) is 24.3 Å². The van der Waals surface area contributed by atoms with Crippen LogP contribution in [0, 0.1) is 0 Å². The molecular weight excluding hydrogens is 314 g/mol.